The first kappa shape index (κ1) is 18.5. The summed E-state index contributed by atoms with van der Waals surface area (Å²) in [6, 6.07) is 3.63. The normalized spacial score (nSPS) is 10.3. The molecule has 0 radical (unpaired) electrons. The molecule has 0 spiro atoms. The molecule has 0 fully saturated rings. The average Bonchev–Trinajstić information content (AvgIpc) is 2.40. The standard InChI is InChI=1S/C16H21Cl3O2/c1-3-4-5-6-8-21-16-12(2)10-13(11-14(16)17)20-9-7-15(18)19/h7,10-11H,3-6,8-9H2,1-2H3. The highest BCUT2D eigenvalue weighted by Crippen LogP contribution is 2.33. The maximum absolute atomic E-state index is 6.24. The summed E-state index contributed by atoms with van der Waals surface area (Å²) in [5, 5.41) is 0.557. The minimum Gasteiger partial charge on any atom is -0.492 e. The fraction of sp³-hybridized carbons (Fsp3) is 0.500. The number of hydrogen-bond donors (Lipinski definition) is 0. The van der Waals surface area contributed by atoms with Gasteiger partial charge in [-0.3, -0.25) is 0 Å². The molecule has 21 heavy (non-hydrogen) atoms. The van der Waals surface area contributed by atoms with Gasteiger partial charge in [-0.25, -0.2) is 0 Å². The Morgan fingerprint density at radius 2 is 1.90 bits per heavy atom. The number of ether oxygens (including phenoxy) is 2. The van der Waals surface area contributed by atoms with Crippen molar-refractivity contribution < 1.29 is 9.47 Å². The second-order valence-electron chi connectivity index (χ2n) is 4.77. The van der Waals surface area contributed by atoms with Crippen LogP contribution < -0.4 is 9.47 Å². The van der Waals surface area contributed by atoms with E-state index >= 15 is 0 Å². The molecule has 0 saturated heterocycles. The molecule has 0 amide bonds. The summed E-state index contributed by atoms with van der Waals surface area (Å²) < 4.78 is 11.5. The fourth-order valence-corrected chi connectivity index (χ4v) is 2.31. The lowest BCUT2D eigenvalue weighted by Crippen LogP contribution is -2.01. The second-order valence-corrected chi connectivity index (χ2v) is 6.18. The largest absolute Gasteiger partial charge is 0.492 e. The molecule has 0 bridgehead atoms. The van der Waals surface area contributed by atoms with E-state index < -0.39 is 0 Å². The highest BCUT2D eigenvalue weighted by molar-refractivity contribution is 6.55. The molecule has 0 aromatic heterocycles. The Labute approximate surface area is 142 Å². The van der Waals surface area contributed by atoms with Crippen LogP contribution in [0.3, 0.4) is 0 Å². The Morgan fingerprint density at radius 3 is 2.52 bits per heavy atom. The van der Waals surface area contributed by atoms with Crippen molar-refractivity contribution in [2.24, 2.45) is 0 Å². The zero-order valence-electron chi connectivity index (χ0n) is 12.4. The summed E-state index contributed by atoms with van der Waals surface area (Å²) in [6.07, 6.45) is 6.25. The van der Waals surface area contributed by atoms with E-state index in [1.165, 1.54) is 19.3 Å². The molecule has 0 N–H and O–H groups in total. The number of unbranched alkanes of at least 4 members (excludes halogenated alkanes) is 3. The van der Waals surface area contributed by atoms with E-state index in [9.17, 15) is 0 Å². The highest BCUT2D eigenvalue weighted by atomic mass is 35.5. The fourth-order valence-electron chi connectivity index (χ4n) is 1.87. The first-order chi connectivity index (χ1) is 10.0. The quantitative estimate of drug-likeness (QED) is 0.486. The van der Waals surface area contributed by atoms with Gasteiger partial charge in [-0.2, -0.15) is 0 Å². The Kier molecular flexibility index (Phi) is 8.98. The van der Waals surface area contributed by atoms with Crippen molar-refractivity contribution in [3.8, 4) is 11.5 Å². The van der Waals surface area contributed by atoms with Crippen LogP contribution in [0, 0.1) is 6.92 Å². The minimum absolute atomic E-state index is 0.185. The molecule has 1 aromatic carbocycles. The number of halogens is 3. The van der Waals surface area contributed by atoms with Gasteiger partial charge in [0.25, 0.3) is 0 Å². The van der Waals surface area contributed by atoms with Crippen molar-refractivity contribution in [1.29, 1.82) is 0 Å². The van der Waals surface area contributed by atoms with Crippen LogP contribution in [-0.2, 0) is 0 Å². The third-order valence-corrected chi connectivity index (χ3v) is 3.52. The van der Waals surface area contributed by atoms with E-state index in [-0.39, 0.29) is 4.49 Å². The molecule has 0 unspecified atom stereocenters. The number of aryl methyl sites for hydroxylation is 1. The molecule has 5 heteroatoms. The maximum atomic E-state index is 6.24. The Balaban J connectivity index is 2.56. The van der Waals surface area contributed by atoms with Gasteiger partial charge in [0.1, 0.15) is 22.6 Å². The van der Waals surface area contributed by atoms with E-state index in [0.717, 1.165) is 17.7 Å². The minimum atomic E-state index is 0.185. The van der Waals surface area contributed by atoms with Crippen molar-refractivity contribution in [3.05, 3.63) is 33.3 Å². The van der Waals surface area contributed by atoms with Crippen LogP contribution in [0.5, 0.6) is 11.5 Å². The molecule has 0 saturated carbocycles. The Bertz CT molecular complexity index is 446. The molecule has 1 aromatic rings. The molecule has 0 aliphatic carbocycles. The van der Waals surface area contributed by atoms with Gasteiger partial charge >= 0.3 is 0 Å². The highest BCUT2D eigenvalue weighted by Gasteiger charge is 2.08. The summed E-state index contributed by atoms with van der Waals surface area (Å²) in [7, 11) is 0. The lowest BCUT2D eigenvalue weighted by molar-refractivity contribution is 0.302. The van der Waals surface area contributed by atoms with Crippen LogP contribution in [0.25, 0.3) is 0 Å². The van der Waals surface area contributed by atoms with Crippen molar-refractivity contribution in [2.45, 2.75) is 39.5 Å². The summed E-state index contributed by atoms with van der Waals surface area (Å²) >= 11 is 17.3. The summed E-state index contributed by atoms with van der Waals surface area (Å²) in [6.45, 7) is 5.12. The Morgan fingerprint density at radius 1 is 1.14 bits per heavy atom. The lowest BCUT2D eigenvalue weighted by atomic mass is 10.2. The first-order valence-electron chi connectivity index (χ1n) is 7.11. The van der Waals surface area contributed by atoms with E-state index in [1.54, 1.807) is 12.1 Å². The molecule has 0 heterocycles. The second kappa shape index (κ2) is 10.2. The monoisotopic (exact) mass is 350 g/mol. The zero-order chi connectivity index (χ0) is 15.7. The van der Waals surface area contributed by atoms with Crippen LogP contribution >= 0.6 is 34.8 Å². The van der Waals surface area contributed by atoms with Gasteiger partial charge in [0, 0.05) is 6.07 Å². The molecule has 0 aliphatic heterocycles. The predicted molar refractivity (Wildman–Crippen MR) is 91.1 cm³/mol. The van der Waals surface area contributed by atoms with E-state index in [0.29, 0.717) is 24.0 Å². The van der Waals surface area contributed by atoms with Gasteiger partial charge in [-0.1, -0.05) is 61.0 Å². The van der Waals surface area contributed by atoms with Gasteiger partial charge in [-0.15, -0.1) is 0 Å². The molecule has 0 atom stereocenters. The molecule has 118 valence electrons. The summed E-state index contributed by atoms with van der Waals surface area (Å²) in [5.74, 6) is 1.40. The molecular formula is C16H21Cl3O2. The lowest BCUT2D eigenvalue weighted by Gasteiger charge is -2.13. The van der Waals surface area contributed by atoms with Crippen molar-refractivity contribution in [1.82, 2.24) is 0 Å². The van der Waals surface area contributed by atoms with Gasteiger partial charge in [0.2, 0.25) is 0 Å². The molecule has 0 aliphatic rings. The van der Waals surface area contributed by atoms with E-state index in [2.05, 4.69) is 6.92 Å². The molecule has 1 rings (SSSR count). The van der Waals surface area contributed by atoms with Crippen molar-refractivity contribution >= 4 is 34.8 Å². The summed E-state index contributed by atoms with van der Waals surface area (Å²) in [5.41, 5.74) is 0.953. The zero-order valence-corrected chi connectivity index (χ0v) is 14.7. The number of rotatable bonds is 9. The van der Waals surface area contributed by atoms with Crippen LogP contribution in [0.4, 0.5) is 0 Å². The smallest absolute Gasteiger partial charge is 0.141 e. The van der Waals surface area contributed by atoms with Crippen LogP contribution in [0.1, 0.15) is 38.2 Å². The number of benzene rings is 1. The van der Waals surface area contributed by atoms with Gasteiger partial charge in [0.15, 0.2) is 0 Å². The topological polar surface area (TPSA) is 18.5 Å². The van der Waals surface area contributed by atoms with Crippen LogP contribution in [-0.4, -0.2) is 13.2 Å². The third kappa shape index (κ3) is 7.30. The van der Waals surface area contributed by atoms with Gasteiger partial charge < -0.3 is 9.47 Å². The Hall–Kier alpha value is -0.570. The maximum Gasteiger partial charge on any atom is 0.141 e. The van der Waals surface area contributed by atoms with Crippen LogP contribution in [0.15, 0.2) is 22.7 Å². The van der Waals surface area contributed by atoms with E-state index in [1.807, 2.05) is 13.0 Å². The predicted octanol–water partition coefficient (Wildman–Crippen LogP) is 6.31. The molecule has 2 nitrogen and oxygen atoms in total. The van der Waals surface area contributed by atoms with Crippen LogP contribution in [0.2, 0.25) is 5.02 Å². The van der Waals surface area contributed by atoms with Gasteiger partial charge in [0.05, 0.1) is 11.6 Å². The van der Waals surface area contributed by atoms with Gasteiger partial charge in [-0.05, 0) is 31.1 Å². The SMILES string of the molecule is CCCCCCOc1c(C)cc(OCC=C(Cl)Cl)cc1Cl. The van der Waals surface area contributed by atoms with Crippen molar-refractivity contribution in [2.75, 3.05) is 13.2 Å². The van der Waals surface area contributed by atoms with Crippen molar-refractivity contribution in [3.63, 3.8) is 0 Å². The molecular weight excluding hydrogens is 331 g/mol. The third-order valence-electron chi connectivity index (χ3n) is 2.93. The summed E-state index contributed by atoms with van der Waals surface area (Å²) in [4.78, 5) is 0. The number of hydrogen-bond acceptors (Lipinski definition) is 2. The van der Waals surface area contributed by atoms with E-state index in [4.69, 9.17) is 44.3 Å². The first-order valence-corrected chi connectivity index (χ1v) is 8.25. The average molecular weight is 352 g/mol.